The largest absolute Gasteiger partial charge is 0.508 e. The molecule has 0 aliphatic carbocycles. The molecule has 1 atom stereocenters. The van der Waals surface area contributed by atoms with E-state index in [1.54, 1.807) is 6.07 Å². The summed E-state index contributed by atoms with van der Waals surface area (Å²) in [5, 5.41) is 13.2. The second-order valence-corrected chi connectivity index (χ2v) is 6.73. The van der Waals surface area contributed by atoms with E-state index in [1.165, 1.54) is 5.56 Å². The highest BCUT2D eigenvalue weighted by molar-refractivity contribution is 5.90. The van der Waals surface area contributed by atoms with E-state index < -0.39 is 0 Å². The number of amidine groups is 1. The first-order chi connectivity index (χ1) is 11.5. The molecule has 1 unspecified atom stereocenters. The van der Waals surface area contributed by atoms with Crippen LogP contribution < -0.4 is 5.32 Å². The van der Waals surface area contributed by atoms with Crippen molar-refractivity contribution < 1.29 is 5.11 Å². The van der Waals surface area contributed by atoms with E-state index in [-0.39, 0.29) is 5.41 Å². The lowest BCUT2D eigenvalue weighted by Gasteiger charge is -2.23. The van der Waals surface area contributed by atoms with Gasteiger partial charge in [0.2, 0.25) is 0 Å². The number of nitrogens with zero attached hydrogens (tertiary/aromatic N) is 1. The molecule has 1 aliphatic rings. The molecule has 3 rings (SSSR count). The number of aromatic hydroxyl groups is 1. The maximum Gasteiger partial charge on any atom is 0.118 e. The van der Waals surface area contributed by atoms with Crippen molar-refractivity contribution in [1.29, 1.82) is 0 Å². The summed E-state index contributed by atoms with van der Waals surface area (Å²) in [5.41, 5.74) is 4.07. The van der Waals surface area contributed by atoms with Crippen LogP contribution in [-0.4, -0.2) is 10.9 Å². The van der Waals surface area contributed by atoms with Crippen molar-refractivity contribution in [2.45, 2.75) is 33.1 Å². The van der Waals surface area contributed by atoms with Gasteiger partial charge < -0.3 is 10.4 Å². The lowest BCUT2D eigenvalue weighted by atomic mass is 9.80. The van der Waals surface area contributed by atoms with Crippen LogP contribution in [0.25, 0.3) is 0 Å². The minimum Gasteiger partial charge on any atom is -0.508 e. The predicted octanol–water partition coefficient (Wildman–Crippen LogP) is 4.74. The first-order valence-electron chi connectivity index (χ1n) is 8.40. The number of allylic oxidation sites excluding steroid dienone is 1. The van der Waals surface area contributed by atoms with Crippen molar-refractivity contribution in [2.75, 3.05) is 0 Å². The van der Waals surface area contributed by atoms with Gasteiger partial charge in [-0.15, -0.1) is 0 Å². The molecule has 1 saturated heterocycles. The molecule has 1 heterocycles. The fourth-order valence-corrected chi connectivity index (χ4v) is 3.21. The van der Waals surface area contributed by atoms with Gasteiger partial charge in [0, 0.05) is 17.5 Å². The fraction of sp³-hybridized carbons (Fsp3) is 0.286. The second kappa shape index (κ2) is 6.52. The zero-order valence-corrected chi connectivity index (χ0v) is 14.3. The monoisotopic (exact) mass is 320 g/mol. The molecule has 124 valence electrons. The fourth-order valence-electron chi connectivity index (χ4n) is 3.21. The van der Waals surface area contributed by atoms with Crippen molar-refractivity contribution in [3.8, 4) is 5.75 Å². The summed E-state index contributed by atoms with van der Waals surface area (Å²) in [7, 11) is 0. The van der Waals surface area contributed by atoms with Crippen LogP contribution in [0.1, 0.15) is 31.4 Å². The Morgan fingerprint density at radius 2 is 1.96 bits per heavy atom. The molecule has 0 saturated carbocycles. The summed E-state index contributed by atoms with van der Waals surface area (Å²) in [6, 6.07) is 16.0. The van der Waals surface area contributed by atoms with E-state index in [2.05, 4.69) is 43.1 Å². The summed E-state index contributed by atoms with van der Waals surface area (Å²) in [4.78, 5) is 4.73. The lowest BCUT2D eigenvalue weighted by molar-refractivity contribution is 0.429. The lowest BCUT2D eigenvalue weighted by Crippen LogP contribution is -2.19. The van der Waals surface area contributed by atoms with Gasteiger partial charge in [0.15, 0.2) is 0 Å². The Morgan fingerprint density at radius 3 is 2.67 bits per heavy atom. The highest BCUT2D eigenvalue weighted by atomic mass is 16.3. The number of hydrogen-bond donors (Lipinski definition) is 2. The van der Waals surface area contributed by atoms with Crippen molar-refractivity contribution in [3.05, 3.63) is 71.9 Å². The Kier molecular flexibility index (Phi) is 4.43. The quantitative estimate of drug-likeness (QED) is 0.854. The molecule has 24 heavy (non-hydrogen) atoms. The van der Waals surface area contributed by atoms with Crippen LogP contribution in [0.15, 0.2) is 65.8 Å². The molecule has 1 fully saturated rings. The molecule has 2 aromatic rings. The average Bonchev–Trinajstić information content (AvgIpc) is 2.84. The van der Waals surface area contributed by atoms with Crippen LogP contribution in [0.3, 0.4) is 0 Å². The first kappa shape index (κ1) is 16.3. The maximum absolute atomic E-state index is 9.81. The van der Waals surface area contributed by atoms with Crippen LogP contribution >= 0.6 is 0 Å². The molecule has 2 N–H and O–H groups in total. The van der Waals surface area contributed by atoms with E-state index >= 15 is 0 Å². The van der Waals surface area contributed by atoms with E-state index in [4.69, 9.17) is 4.99 Å². The Balaban J connectivity index is 1.81. The Morgan fingerprint density at radius 1 is 1.21 bits per heavy atom. The molecule has 0 amide bonds. The summed E-state index contributed by atoms with van der Waals surface area (Å²) >= 11 is 0. The topological polar surface area (TPSA) is 44.6 Å². The standard InChI is InChI=1S/C21H24N2O/c1-4-17-12-18(10-11-19(17)24)23-20-14-21(3,15(2)22-20)13-16-8-6-5-7-9-16/h5-12,24H,2,4,13-14H2,1,3H3,(H,22,23). The van der Waals surface area contributed by atoms with Gasteiger partial charge in [-0.3, -0.25) is 0 Å². The smallest absolute Gasteiger partial charge is 0.118 e. The number of rotatable bonds is 4. The Labute approximate surface area is 143 Å². The highest BCUT2D eigenvalue weighted by Gasteiger charge is 2.36. The number of hydrogen-bond acceptors (Lipinski definition) is 2. The average molecular weight is 320 g/mol. The zero-order valence-electron chi connectivity index (χ0n) is 14.3. The van der Waals surface area contributed by atoms with Gasteiger partial charge in [0.25, 0.3) is 0 Å². The van der Waals surface area contributed by atoms with E-state index in [0.29, 0.717) is 5.75 Å². The molecule has 0 aromatic heterocycles. The van der Waals surface area contributed by atoms with E-state index in [9.17, 15) is 5.11 Å². The van der Waals surface area contributed by atoms with Crippen LogP contribution in [0.2, 0.25) is 0 Å². The normalized spacial score (nSPS) is 21.9. The Hall–Kier alpha value is -2.55. The zero-order chi connectivity index (χ0) is 17.2. The second-order valence-electron chi connectivity index (χ2n) is 6.73. The van der Waals surface area contributed by atoms with Gasteiger partial charge in [-0.2, -0.15) is 0 Å². The van der Waals surface area contributed by atoms with Crippen LogP contribution in [0, 0.1) is 5.41 Å². The summed E-state index contributed by atoms with van der Waals surface area (Å²) in [6.45, 7) is 8.47. The molecule has 3 heteroatoms. The molecule has 0 bridgehead atoms. The summed E-state index contributed by atoms with van der Waals surface area (Å²) in [5.74, 6) is 1.27. The minimum atomic E-state index is -0.0370. The van der Waals surface area contributed by atoms with E-state index in [1.807, 2.05) is 25.1 Å². The number of benzene rings is 2. The van der Waals surface area contributed by atoms with Gasteiger partial charge in [0.05, 0.1) is 5.69 Å². The van der Waals surface area contributed by atoms with Gasteiger partial charge >= 0.3 is 0 Å². The molecule has 0 spiro atoms. The van der Waals surface area contributed by atoms with E-state index in [0.717, 1.165) is 42.0 Å². The number of nitrogens with one attached hydrogen (secondary N) is 1. The third-order valence-electron chi connectivity index (χ3n) is 4.73. The van der Waals surface area contributed by atoms with Crippen molar-refractivity contribution >= 4 is 11.5 Å². The maximum atomic E-state index is 9.81. The molecule has 1 aliphatic heterocycles. The molecular formula is C21H24N2O. The van der Waals surface area contributed by atoms with Crippen LogP contribution in [0.5, 0.6) is 5.75 Å². The van der Waals surface area contributed by atoms with Gasteiger partial charge in [0.1, 0.15) is 11.6 Å². The van der Waals surface area contributed by atoms with Crippen molar-refractivity contribution in [2.24, 2.45) is 10.4 Å². The third kappa shape index (κ3) is 3.35. The SMILES string of the molecule is C=C1NC(=Nc2ccc(O)c(CC)c2)CC1(C)Cc1ccccc1. The molecular weight excluding hydrogens is 296 g/mol. The van der Waals surface area contributed by atoms with Gasteiger partial charge in [-0.05, 0) is 42.2 Å². The van der Waals surface area contributed by atoms with Crippen LogP contribution in [0.4, 0.5) is 5.69 Å². The van der Waals surface area contributed by atoms with Crippen molar-refractivity contribution in [1.82, 2.24) is 5.32 Å². The van der Waals surface area contributed by atoms with Gasteiger partial charge in [-0.1, -0.05) is 50.8 Å². The summed E-state index contributed by atoms with van der Waals surface area (Å²) < 4.78 is 0. The van der Waals surface area contributed by atoms with Gasteiger partial charge in [-0.25, -0.2) is 4.99 Å². The number of aliphatic imine (C=N–C) groups is 1. The first-order valence-corrected chi connectivity index (χ1v) is 8.40. The van der Waals surface area contributed by atoms with Crippen molar-refractivity contribution in [3.63, 3.8) is 0 Å². The molecule has 2 aromatic carbocycles. The predicted molar refractivity (Wildman–Crippen MR) is 99.7 cm³/mol. The molecule has 3 nitrogen and oxygen atoms in total. The Bertz CT molecular complexity index is 780. The molecule has 0 radical (unpaired) electrons. The number of aryl methyl sites for hydroxylation is 1. The number of phenols is 1. The number of phenolic OH excluding ortho intramolecular Hbond substituents is 1. The highest BCUT2D eigenvalue weighted by Crippen LogP contribution is 2.38. The van der Waals surface area contributed by atoms with Crippen LogP contribution in [-0.2, 0) is 12.8 Å². The third-order valence-corrected chi connectivity index (χ3v) is 4.73. The minimum absolute atomic E-state index is 0.0370. The summed E-state index contributed by atoms with van der Waals surface area (Å²) in [6.07, 6.45) is 2.56.